The molecule has 0 saturated carbocycles. The fourth-order valence-corrected chi connectivity index (χ4v) is 7.50. The molecule has 1 amide bonds. The number of rotatable bonds is 7. The minimum absolute atomic E-state index is 0.0227. The highest BCUT2D eigenvalue weighted by molar-refractivity contribution is 6.08. The molecule has 10 nitrogen and oxygen atoms in total. The van der Waals surface area contributed by atoms with Crippen LogP contribution < -0.4 is 0 Å². The van der Waals surface area contributed by atoms with Crippen molar-refractivity contribution in [2.24, 2.45) is 5.92 Å². The van der Waals surface area contributed by atoms with E-state index in [1.165, 1.54) is 12.1 Å². The summed E-state index contributed by atoms with van der Waals surface area (Å²) in [6, 6.07) is 14.4. The average molecular weight is 647 g/mol. The number of carbonyl (C=O) groups excluding carboxylic acids is 1. The van der Waals surface area contributed by atoms with Crippen LogP contribution in [0.2, 0.25) is 0 Å². The van der Waals surface area contributed by atoms with Gasteiger partial charge in [0.2, 0.25) is 11.8 Å². The molecule has 11 heteroatoms. The summed E-state index contributed by atoms with van der Waals surface area (Å²) in [5.74, 6) is 0.708. The van der Waals surface area contributed by atoms with Gasteiger partial charge >= 0.3 is 0 Å². The largest absolute Gasteiger partial charge is 0.421 e. The topological polar surface area (TPSA) is 119 Å². The molecule has 0 bridgehead atoms. The van der Waals surface area contributed by atoms with Gasteiger partial charge in [0.05, 0.1) is 53.4 Å². The molecule has 2 unspecified atom stereocenters. The molecule has 8 rings (SSSR count). The normalized spacial score (nSPS) is 18.6. The van der Waals surface area contributed by atoms with Crippen molar-refractivity contribution in [3.63, 3.8) is 0 Å². The Labute approximate surface area is 277 Å². The highest BCUT2D eigenvalue weighted by Crippen LogP contribution is 2.46. The summed E-state index contributed by atoms with van der Waals surface area (Å²) in [7, 11) is 0. The van der Waals surface area contributed by atoms with Crippen LogP contribution in [0.3, 0.4) is 0 Å². The van der Waals surface area contributed by atoms with Gasteiger partial charge in [0, 0.05) is 49.3 Å². The third-order valence-corrected chi connectivity index (χ3v) is 10.1. The van der Waals surface area contributed by atoms with E-state index in [4.69, 9.17) is 18.9 Å². The van der Waals surface area contributed by atoms with Crippen LogP contribution in [0, 0.1) is 30.0 Å². The number of ether oxygens (including phenoxy) is 2. The number of aromatic nitrogens is 4. The minimum Gasteiger partial charge on any atom is -0.421 e. The van der Waals surface area contributed by atoms with E-state index in [2.05, 4.69) is 20.8 Å². The Morgan fingerprint density at radius 2 is 1.90 bits per heavy atom. The minimum atomic E-state index is -0.532. The maximum absolute atomic E-state index is 14.5. The number of pyridine rings is 1. The number of benzene rings is 2. The van der Waals surface area contributed by atoms with Crippen LogP contribution in [0.4, 0.5) is 4.39 Å². The molecule has 2 aromatic carbocycles. The van der Waals surface area contributed by atoms with E-state index < -0.39 is 5.82 Å². The van der Waals surface area contributed by atoms with Crippen LogP contribution in [-0.4, -0.2) is 63.5 Å². The first kappa shape index (κ1) is 30.4. The molecule has 0 spiro atoms. The number of fused-ring (bicyclic) bond motifs is 4. The lowest BCUT2D eigenvalue weighted by Crippen LogP contribution is -2.38. The van der Waals surface area contributed by atoms with Crippen LogP contribution in [0.25, 0.3) is 33.5 Å². The van der Waals surface area contributed by atoms with E-state index in [1.54, 1.807) is 13.0 Å². The lowest BCUT2D eigenvalue weighted by atomic mass is 9.88. The molecule has 2 saturated heterocycles. The molecule has 3 aliphatic heterocycles. The van der Waals surface area contributed by atoms with Crippen LogP contribution in [-0.2, 0) is 15.9 Å². The molecule has 48 heavy (non-hydrogen) atoms. The number of hydrogen-bond acceptors (Lipinski definition) is 8. The SMILES string of the molecule is Cc1nnc(-c2c(CCC3CCOCC3)nc3c(c2-c2ccc4c(ccn4C(C)c4ccc(C#N)c(F)c4)c2)C(=O)N2CCOCC32)o1. The Morgan fingerprint density at radius 3 is 2.67 bits per heavy atom. The van der Waals surface area contributed by atoms with Crippen LogP contribution in [0.1, 0.15) is 77.0 Å². The number of hydrogen-bond donors (Lipinski definition) is 0. The van der Waals surface area contributed by atoms with Gasteiger partial charge in [-0.1, -0.05) is 12.1 Å². The summed E-state index contributed by atoms with van der Waals surface area (Å²) >= 11 is 0. The van der Waals surface area contributed by atoms with Gasteiger partial charge in [0.25, 0.3) is 5.91 Å². The molecule has 3 aliphatic rings. The summed E-state index contributed by atoms with van der Waals surface area (Å²) in [4.78, 5) is 21.3. The third kappa shape index (κ3) is 5.16. The number of morpholine rings is 1. The Morgan fingerprint density at radius 1 is 1.04 bits per heavy atom. The molecule has 0 aliphatic carbocycles. The second-order valence-corrected chi connectivity index (χ2v) is 12.9. The Balaban J connectivity index is 1.28. The summed E-state index contributed by atoms with van der Waals surface area (Å²) < 4.78 is 34.2. The summed E-state index contributed by atoms with van der Waals surface area (Å²) in [5, 5.41) is 18.8. The molecule has 2 atom stereocenters. The van der Waals surface area contributed by atoms with Gasteiger partial charge in [0.15, 0.2) is 0 Å². The van der Waals surface area contributed by atoms with Gasteiger partial charge in [-0.15, -0.1) is 10.2 Å². The number of amides is 1. The molecule has 2 fully saturated rings. The van der Waals surface area contributed by atoms with Gasteiger partial charge < -0.3 is 23.4 Å². The van der Waals surface area contributed by atoms with E-state index in [-0.39, 0.29) is 23.6 Å². The number of nitriles is 1. The quantitative estimate of drug-likeness (QED) is 0.195. The van der Waals surface area contributed by atoms with Crippen molar-refractivity contribution in [1.29, 1.82) is 5.26 Å². The fourth-order valence-electron chi connectivity index (χ4n) is 7.50. The molecule has 0 N–H and O–H groups in total. The van der Waals surface area contributed by atoms with Crippen LogP contribution >= 0.6 is 0 Å². The highest BCUT2D eigenvalue weighted by atomic mass is 19.1. The average Bonchev–Trinajstić information content (AvgIpc) is 3.82. The zero-order valence-corrected chi connectivity index (χ0v) is 26.9. The number of carbonyl (C=O) groups is 1. The molecule has 244 valence electrons. The van der Waals surface area contributed by atoms with Gasteiger partial charge in [-0.2, -0.15) is 5.26 Å². The van der Waals surface area contributed by atoms with Gasteiger partial charge in [-0.05, 0) is 80.0 Å². The molecule has 5 aromatic rings. The maximum Gasteiger partial charge on any atom is 0.257 e. The molecule has 0 radical (unpaired) electrons. The van der Waals surface area contributed by atoms with Crippen molar-refractivity contribution in [3.05, 3.63) is 88.4 Å². The van der Waals surface area contributed by atoms with Crippen molar-refractivity contribution in [1.82, 2.24) is 24.6 Å². The zero-order chi connectivity index (χ0) is 32.9. The van der Waals surface area contributed by atoms with E-state index >= 15 is 0 Å². The zero-order valence-electron chi connectivity index (χ0n) is 26.9. The number of nitrogens with zero attached hydrogens (tertiary/aromatic N) is 6. The lowest BCUT2D eigenvalue weighted by Gasteiger charge is -2.29. The first-order valence-electron chi connectivity index (χ1n) is 16.6. The fraction of sp³-hybridized carbons (Fsp3) is 0.378. The Kier molecular flexibility index (Phi) is 7.77. The van der Waals surface area contributed by atoms with Gasteiger partial charge in [-0.25, -0.2) is 4.39 Å². The molecular weight excluding hydrogens is 611 g/mol. The van der Waals surface area contributed by atoms with E-state index in [0.29, 0.717) is 55.0 Å². The summed E-state index contributed by atoms with van der Waals surface area (Å²) in [6.07, 6.45) is 5.63. The Bertz CT molecular complexity index is 2090. The predicted octanol–water partition coefficient (Wildman–Crippen LogP) is 6.57. The predicted molar refractivity (Wildman–Crippen MR) is 175 cm³/mol. The van der Waals surface area contributed by atoms with Gasteiger partial charge in [0.1, 0.15) is 11.9 Å². The number of halogens is 1. The third-order valence-electron chi connectivity index (χ3n) is 10.1. The van der Waals surface area contributed by atoms with E-state index in [9.17, 15) is 14.4 Å². The first-order valence-corrected chi connectivity index (χ1v) is 16.6. The van der Waals surface area contributed by atoms with Gasteiger partial charge in [-0.3, -0.25) is 9.78 Å². The van der Waals surface area contributed by atoms with Crippen LogP contribution in [0.5, 0.6) is 0 Å². The van der Waals surface area contributed by atoms with Crippen molar-refractivity contribution in [2.75, 3.05) is 33.0 Å². The number of aryl methyl sites for hydroxylation is 2. The van der Waals surface area contributed by atoms with E-state index in [0.717, 1.165) is 71.5 Å². The van der Waals surface area contributed by atoms with Crippen molar-refractivity contribution < 1.29 is 23.1 Å². The monoisotopic (exact) mass is 646 g/mol. The lowest BCUT2D eigenvalue weighted by molar-refractivity contribution is 0.00352. The second kappa shape index (κ2) is 12.3. The van der Waals surface area contributed by atoms with Crippen LogP contribution in [0.15, 0.2) is 53.1 Å². The summed E-state index contributed by atoms with van der Waals surface area (Å²) in [5.41, 5.74) is 6.18. The van der Waals surface area contributed by atoms with E-state index in [1.807, 2.05) is 42.3 Å². The molecular formula is C37H35FN6O4. The van der Waals surface area contributed by atoms with Crippen molar-refractivity contribution in [2.45, 2.75) is 51.6 Å². The van der Waals surface area contributed by atoms with Crippen molar-refractivity contribution >= 4 is 16.8 Å². The maximum atomic E-state index is 14.5. The Hall–Kier alpha value is -4.92. The summed E-state index contributed by atoms with van der Waals surface area (Å²) in [6.45, 7) is 6.69. The second-order valence-electron chi connectivity index (χ2n) is 12.9. The smallest absolute Gasteiger partial charge is 0.257 e. The van der Waals surface area contributed by atoms with Crippen molar-refractivity contribution in [3.8, 4) is 28.7 Å². The first-order chi connectivity index (χ1) is 23.4. The molecule has 6 heterocycles. The molecule has 3 aromatic heterocycles. The highest BCUT2D eigenvalue weighted by Gasteiger charge is 2.44. The standard InChI is InChI=1S/C37H35FN6O4/c1-21(24-4-5-27(19-39)28(38)18-24)43-12-9-25-17-26(6-8-30(25)43)32-33(36-42-41-22(2)48-36)29(7-3-23-10-14-46-15-11-23)40-35-31-20-47-16-13-44(31)37(45)34(32)35/h4-6,8-9,12,17-18,21,23,31H,3,7,10-11,13-16,20H2,1-2H3.